The van der Waals surface area contributed by atoms with Crippen molar-refractivity contribution in [1.29, 1.82) is 0 Å². The first-order valence-electron chi connectivity index (χ1n) is 7.17. The van der Waals surface area contributed by atoms with E-state index in [-0.39, 0.29) is 23.7 Å². The average Bonchev–Trinajstić information content (AvgIpc) is 2.52. The molecule has 0 aliphatic heterocycles. The van der Waals surface area contributed by atoms with Crippen LogP contribution >= 0.6 is 0 Å². The van der Waals surface area contributed by atoms with E-state index < -0.39 is 23.7 Å². The van der Waals surface area contributed by atoms with Crippen molar-refractivity contribution in [2.24, 2.45) is 5.92 Å². The number of Topliss-reactive ketones (excluding diaryl/α,β-unsaturated/α-hetero) is 1. The maximum absolute atomic E-state index is 12.9. The third-order valence-corrected chi connectivity index (χ3v) is 3.84. The van der Waals surface area contributed by atoms with E-state index in [0.717, 1.165) is 0 Å². The highest BCUT2D eigenvalue weighted by molar-refractivity contribution is 5.97. The van der Waals surface area contributed by atoms with Gasteiger partial charge < -0.3 is 10.1 Å². The number of esters is 1. The molecular formula is C16H18FNO4. The number of nitrogens with one attached hydrogen (secondary N) is 1. The van der Waals surface area contributed by atoms with Gasteiger partial charge in [0.2, 0.25) is 0 Å². The van der Waals surface area contributed by atoms with E-state index >= 15 is 0 Å². The van der Waals surface area contributed by atoms with Gasteiger partial charge in [-0.2, -0.15) is 0 Å². The summed E-state index contributed by atoms with van der Waals surface area (Å²) >= 11 is 0. The number of amides is 1. The lowest BCUT2D eigenvalue weighted by Gasteiger charge is -2.28. The first-order chi connectivity index (χ1) is 10.5. The number of hydrogen-bond acceptors (Lipinski definition) is 4. The van der Waals surface area contributed by atoms with Crippen molar-refractivity contribution in [2.45, 2.75) is 31.7 Å². The number of ether oxygens (including phenoxy) is 1. The number of carbonyl (C=O) groups excluding carboxylic acids is 3. The van der Waals surface area contributed by atoms with Gasteiger partial charge in [-0.15, -0.1) is 0 Å². The summed E-state index contributed by atoms with van der Waals surface area (Å²) in [5, 5.41) is 2.61. The molecule has 1 aliphatic rings. The molecule has 6 heteroatoms. The minimum atomic E-state index is -0.869. The highest BCUT2D eigenvalue weighted by Gasteiger charge is 2.34. The van der Waals surface area contributed by atoms with Crippen LogP contribution in [0.4, 0.5) is 4.39 Å². The fraction of sp³-hybridized carbons (Fsp3) is 0.438. The smallest absolute Gasteiger partial charge is 0.328 e. The molecule has 1 amide bonds. The van der Waals surface area contributed by atoms with E-state index in [9.17, 15) is 18.8 Å². The second-order valence-electron chi connectivity index (χ2n) is 5.38. The van der Waals surface area contributed by atoms with Crippen molar-refractivity contribution < 1.29 is 23.5 Å². The van der Waals surface area contributed by atoms with Crippen LogP contribution in [0.15, 0.2) is 24.3 Å². The van der Waals surface area contributed by atoms with Gasteiger partial charge in [-0.1, -0.05) is 0 Å². The van der Waals surface area contributed by atoms with Gasteiger partial charge in [0.15, 0.2) is 0 Å². The Morgan fingerprint density at radius 2 is 2.00 bits per heavy atom. The fourth-order valence-corrected chi connectivity index (χ4v) is 2.66. The van der Waals surface area contributed by atoms with Gasteiger partial charge in [-0.3, -0.25) is 9.59 Å². The summed E-state index contributed by atoms with van der Waals surface area (Å²) in [5.74, 6) is -1.69. The maximum atomic E-state index is 12.9. The molecule has 2 atom stereocenters. The Morgan fingerprint density at radius 3 is 2.59 bits per heavy atom. The average molecular weight is 307 g/mol. The van der Waals surface area contributed by atoms with Crippen LogP contribution in [0.5, 0.6) is 0 Å². The first-order valence-corrected chi connectivity index (χ1v) is 7.17. The van der Waals surface area contributed by atoms with Crippen LogP contribution < -0.4 is 5.32 Å². The standard InChI is InChI=1S/C16H18FNO4/c1-22-16(21)14(11-3-2-4-13(19)9-11)18-15(20)10-5-7-12(17)8-6-10/h5-8,11,14H,2-4,9H2,1H3,(H,18,20)/t11-,14-/m1/s1. The van der Waals surface area contributed by atoms with E-state index in [1.54, 1.807) is 0 Å². The molecular weight excluding hydrogens is 289 g/mol. The Balaban J connectivity index is 2.12. The number of methoxy groups -OCH3 is 1. The quantitative estimate of drug-likeness (QED) is 0.862. The lowest BCUT2D eigenvalue weighted by atomic mass is 9.83. The van der Waals surface area contributed by atoms with E-state index in [0.29, 0.717) is 19.3 Å². The molecule has 0 radical (unpaired) electrons. The monoisotopic (exact) mass is 307 g/mol. The van der Waals surface area contributed by atoms with Crippen LogP contribution in [0.25, 0.3) is 0 Å². The van der Waals surface area contributed by atoms with E-state index in [4.69, 9.17) is 4.74 Å². The van der Waals surface area contributed by atoms with Crippen molar-refractivity contribution >= 4 is 17.7 Å². The highest BCUT2D eigenvalue weighted by atomic mass is 19.1. The number of carbonyl (C=O) groups is 3. The van der Waals surface area contributed by atoms with Gasteiger partial charge in [0.25, 0.3) is 5.91 Å². The molecule has 0 unspecified atom stereocenters. The first kappa shape index (κ1) is 16.1. The lowest BCUT2D eigenvalue weighted by molar-refractivity contribution is -0.145. The zero-order chi connectivity index (χ0) is 16.1. The molecule has 1 aromatic rings. The third-order valence-electron chi connectivity index (χ3n) is 3.84. The number of benzene rings is 1. The fourth-order valence-electron chi connectivity index (χ4n) is 2.66. The Labute approximate surface area is 127 Å². The van der Waals surface area contributed by atoms with Gasteiger partial charge >= 0.3 is 5.97 Å². The minimum absolute atomic E-state index is 0.0844. The van der Waals surface area contributed by atoms with Crippen LogP contribution in [0.1, 0.15) is 36.0 Å². The van der Waals surface area contributed by atoms with Crippen molar-refractivity contribution in [2.75, 3.05) is 7.11 Å². The zero-order valence-corrected chi connectivity index (χ0v) is 12.3. The summed E-state index contributed by atoms with van der Waals surface area (Å²) in [4.78, 5) is 35.7. The van der Waals surface area contributed by atoms with Crippen molar-refractivity contribution in [3.8, 4) is 0 Å². The van der Waals surface area contributed by atoms with Crippen LogP contribution in [-0.4, -0.2) is 30.8 Å². The van der Waals surface area contributed by atoms with Crippen molar-refractivity contribution in [3.05, 3.63) is 35.6 Å². The van der Waals surface area contributed by atoms with Gasteiger partial charge in [0, 0.05) is 18.4 Å². The largest absolute Gasteiger partial charge is 0.467 e. The molecule has 1 saturated carbocycles. The SMILES string of the molecule is COC(=O)[C@H](NC(=O)c1ccc(F)cc1)[C@@H]1CCCC(=O)C1. The van der Waals surface area contributed by atoms with Gasteiger partial charge in [0.05, 0.1) is 7.11 Å². The number of rotatable bonds is 4. The maximum Gasteiger partial charge on any atom is 0.328 e. The molecule has 1 aliphatic carbocycles. The summed E-state index contributed by atoms with van der Waals surface area (Å²) < 4.78 is 17.6. The summed E-state index contributed by atoms with van der Waals surface area (Å²) in [6.07, 6.45) is 2.14. The molecule has 5 nitrogen and oxygen atoms in total. The number of halogens is 1. The van der Waals surface area contributed by atoms with Crippen LogP contribution in [0.3, 0.4) is 0 Å². The summed E-state index contributed by atoms with van der Waals surface area (Å²) in [6.45, 7) is 0. The van der Waals surface area contributed by atoms with Crippen molar-refractivity contribution in [3.63, 3.8) is 0 Å². The van der Waals surface area contributed by atoms with E-state index in [1.807, 2.05) is 0 Å². The second kappa shape index (κ2) is 7.15. The van der Waals surface area contributed by atoms with Gasteiger partial charge in [0.1, 0.15) is 17.6 Å². The molecule has 0 spiro atoms. The normalized spacial score (nSPS) is 19.4. The Morgan fingerprint density at radius 1 is 1.32 bits per heavy atom. The van der Waals surface area contributed by atoms with E-state index in [2.05, 4.69) is 5.32 Å². The molecule has 1 N–H and O–H groups in total. The number of ketones is 1. The molecule has 22 heavy (non-hydrogen) atoms. The van der Waals surface area contributed by atoms with Crippen LogP contribution in [-0.2, 0) is 14.3 Å². The Kier molecular flexibility index (Phi) is 5.25. The predicted molar refractivity (Wildman–Crippen MR) is 76.6 cm³/mol. The number of hydrogen-bond donors (Lipinski definition) is 1. The summed E-state index contributed by atoms with van der Waals surface area (Å²) in [7, 11) is 1.24. The highest BCUT2D eigenvalue weighted by Crippen LogP contribution is 2.25. The minimum Gasteiger partial charge on any atom is -0.467 e. The van der Waals surface area contributed by atoms with Crippen LogP contribution in [0, 0.1) is 11.7 Å². The molecule has 0 heterocycles. The summed E-state index contributed by atoms with van der Waals surface area (Å²) in [6, 6.07) is 4.15. The summed E-state index contributed by atoms with van der Waals surface area (Å²) in [5.41, 5.74) is 0.248. The predicted octanol–water partition coefficient (Wildman–Crippen LogP) is 1.86. The lowest BCUT2D eigenvalue weighted by Crippen LogP contribution is -2.48. The molecule has 2 rings (SSSR count). The van der Waals surface area contributed by atoms with Crippen LogP contribution in [0.2, 0.25) is 0 Å². The third kappa shape index (κ3) is 3.90. The van der Waals surface area contributed by atoms with Gasteiger partial charge in [-0.05, 0) is 43.0 Å². The molecule has 118 valence electrons. The molecule has 0 saturated heterocycles. The molecule has 0 aromatic heterocycles. The zero-order valence-electron chi connectivity index (χ0n) is 12.3. The van der Waals surface area contributed by atoms with Gasteiger partial charge in [-0.25, -0.2) is 9.18 Å². The van der Waals surface area contributed by atoms with Crippen molar-refractivity contribution in [1.82, 2.24) is 5.32 Å². The molecule has 0 bridgehead atoms. The Hall–Kier alpha value is -2.24. The topological polar surface area (TPSA) is 72.5 Å². The second-order valence-corrected chi connectivity index (χ2v) is 5.38. The Bertz CT molecular complexity index is 570. The molecule has 1 fully saturated rings. The van der Waals surface area contributed by atoms with E-state index in [1.165, 1.54) is 31.4 Å². The molecule has 1 aromatic carbocycles.